The van der Waals surface area contributed by atoms with Gasteiger partial charge in [-0.1, -0.05) is 25.1 Å². The molecule has 0 saturated heterocycles. The second-order valence-corrected chi connectivity index (χ2v) is 8.04. The maximum atomic E-state index is 12.8. The first-order valence-electron chi connectivity index (χ1n) is 9.08. The Bertz CT molecular complexity index is 941. The number of anilines is 1. The molecule has 0 aliphatic carbocycles. The van der Waals surface area contributed by atoms with Crippen molar-refractivity contribution in [3.63, 3.8) is 0 Å². The average Bonchev–Trinajstić information content (AvgIpc) is 2.67. The molecule has 0 bridgehead atoms. The van der Waals surface area contributed by atoms with E-state index in [2.05, 4.69) is 4.72 Å². The monoisotopic (exact) mass is 388 g/mol. The lowest BCUT2D eigenvalue weighted by molar-refractivity contribution is -0.131. The van der Waals surface area contributed by atoms with Crippen molar-refractivity contribution in [1.29, 1.82) is 0 Å². The molecule has 2 aromatic carbocycles. The Morgan fingerprint density at radius 3 is 2.67 bits per heavy atom. The third kappa shape index (κ3) is 4.24. The summed E-state index contributed by atoms with van der Waals surface area (Å²) in [7, 11) is -3.78. The molecule has 0 spiro atoms. The van der Waals surface area contributed by atoms with Crippen molar-refractivity contribution in [2.45, 2.75) is 38.1 Å². The molecule has 1 N–H and O–H groups in total. The lowest BCUT2D eigenvalue weighted by Crippen LogP contribution is -2.35. The van der Waals surface area contributed by atoms with Gasteiger partial charge in [0, 0.05) is 25.2 Å². The van der Waals surface area contributed by atoms with Gasteiger partial charge in [0.05, 0.1) is 6.61 Å². The van der Waals surface area contributed by atoms with Gasteiger partial charge in [-0.15, -0.1) is 0 Å². The van der Waals surface area contributed by atoms with Crippen molar-refractivity contribution in [2.24, 2.45) is 0 Å². The number of carbonyl (C=O) groups excluding carboxylic acids is 1. The lowest BCUT2D eigenvalue weighted by Gasteiger charge is -2.29. The number of fused-ring (bicyclic) bond motifs is 1. The van der Waals surface area contributed by atoms with E-state index < -0.39 is 10.0 Å². The number of rotatable bonds is 6. The minimum Gasteiger partial charge on any atom is -0.492 e. The van der Waals surface area contributed by atoms with E-state index in [-0.39, 0.29) is 10.8 Å². The minimum atomic E-state index is -3.78. The maximum absolute atomic E-state index is 12.8. The van der Waals surface area contributed by atoms with Crippen LogP contribution in [0.15, 0.2) is 47.4 Å². The van der Waals surface area contributed by atoms with Crippen LogP contribution in [-0.2, 0) is 27.8 Å². The molecule has 1 aliphatic rings. The van der Waals surface area contributed by atoms with Gasteiger partial charge < -0.3 is 9.64 Å². The van der Waals surface area contributed by atoms with Gasteiger partial charge in [-0.3, -0.25) is 9.52 Å². The molecule has 27 heavy (non-hydrogen) atoms. The average molecular weight is 388 g/mol. The van der Waals surface area contributed by atoms with E-state index in [0.717, 1.165) is 17.5 Å². The summed E-state index contributed by atoms with van der Waals surface area (Å²) in [4.78, 5) is 13.9. The van der Waals surface area contributed by atoms with Crippen molar-refractivity contribution >= 4 is 21.6 Å². The molecule has 6 nitrogen and oxygen atoms in total. The summed E-state index contributed by atoms with van der Waals surface area (Å²) in [6, 6.07) is 12.1. The Balaban J connectivity index is 1.85. The minimum absolute atomic E-state index is 0.104. The van der Waals surface area contributed by atoms with Crippen LogP contribution >= 0.6 is 0 Å². The lowest BCUT2D eigenvalue weighted by atomic mass is 9.99. The van der Waals surface area contributed by atoms with Gasteiger partial charge in [0.1, 0.15) is 10.6 Å². The van der Waals surface area contributed by atoms with E-state index in [1.54, 1.807) is 24.3 Å². The fourth-order valence-electron chi connectivity index (χ4n) is 3.21. The number of nitrogens with zero attached hydrogens (tertiary/aromatic N) is 1. The van der Waals surface area contributed by atoms with Crippen molar-refractivity contribution in [2.75, 3.05) is 17.9 Å². The van der Waals surface area contributed by atoms with Crippen LogP contribution in [0.1, 0.15) is 31.4 Å². The highest BCUT2D eigenvalue weighted by atomic mass is 32.2. The standard InChI is InChI=1S/C20H24N2O4S/c1-3-20(23)22-12-11-15-9-10-17(13-16(15)14-22)21-27(24,25)19-8-6-5-7-18(19)26-4-2/h5-10,13,21H,3-4,11-12,14H2,1-2H3. The highest BCUT2D eigenvalue weighted by Gasteiger charge is 2.22. The summed E-state index contributed by atoms with van der Waals surface area (Å²) in [5.74, 6) is 0.433. The second-order valence-electron chi connectivity index (χ2n) is 6.39. The number of nitrogens with one attached hydrogen (secondary N) is 1. The molecule has 0 unspecified atom stereocenters. The number of sulfonamides is 1. The predicted molar refractivity (Wildman–Crippen MR) is 104 cm³/mol. The fourth-order valence-corrected chi connectivity index (χ4v) is 4.41. The number of benzene rings is 2. The topological polar surface area (TPSA) is 75.7 Å². The molecule has 144 valence electrons. The summed E-state index contributed by atoms with van der Waals surface area (Å²) in [6.45, 7) is 5.24. The Kier molecular flexibility index (Phi) is 5.70. The fraction of sp³-hybridized carbons (Fsp3) is 0.350. The number of carbonyl (C=O) groups is 1. The van der Waals surface area contributed by atoms with E-state index >= 15 is 0 Å². The first-order valence-corrected chi connectivity index (χ1v) is 10.6. The molecule has 1 heterocycles. The molecular formula is C20H24N2O4S. The van der Waals surface area contributed by atoms with Gasteiger partial charge in [0.2, 0.25) is 5.91 Å². The van der Waals surface area contributed by atoms with Crippen molar-refractivity contribution in [3.05, 3.63) is 53.6 Å². The summed E-state index contributed by atoms with van der Waals surface area (Å²) in [6.07, 6.45) is 1.25. The highest BCUT2D eigenvalue weighted by molar-refractivity contribution is 7.92. The molecule has 3 rings (SSSR count). The molecule has 0 fully saturated rings. The van der Waals surface area contributed by atoms with E-state index in [9.17, 15) is 13.2 Å². The molecule has 0 aromatic heterocycles. The van der Waals surface area contributed by atoms with Crippen LogP contribution in [0.3, 0.4) is 0 Å². The van der Waals surface area contributed by atoms with E-state index in [1.165, 1.54) is 6.07 Å². The van der Waals surface area contributed by atoms with Crippen LogP contribution < -0.4 is 9.46 Å². The number of ether oxygens (including phenoxy) is 1. The van der Waals surface area contributed by atoms with Crippen molar-refractivity contribution in [1.82, 2.24) is 4.90 Å². The quantitative estimate of drug-likeness (QED) is 0.825. The molecule has 0 saturated carbocycles. The van der Waals surface area contributed by atoms with Gasteiger partial charge in [0.15, 0.2) is 0 Å². The molecule has 1 amide bonds. The van der Waals surface area contributed by atoms with Gasteiger partial charge in [-0.05, 0) is 48.7 Å². The first-order chi connectivity index (χ1) is 12.9. The Morgan fingerprint density at radius 2 is 1.93 bits per heavy atom. The van der Waals surface area contributed by atoms with E-state index in [4.69, 9.17) is 4.74 Å². The Morgan fingerprint density at radius 1 is 1.15 bits per heavy atom. The van der Waals surface area contributed by atoms with Crippen LogP contribution in [0.25, 0.3) is 0 Å². The zero-order chi connectivity index (χ0) is 19.4. The highest BCUT2D eigenvalue weighted by Crippen LogP contribution is 2.28. The normalized spacial score (nSPS) is 13.8. The molecule has 1 aliphatic heterocycles. The molecule has 2 aromatic rings. The van der Waals surface area contributed by atoms with E-state index in [0.29, 0.717) is 37.6 Å². The third-order valence-corrected chi connectivity index (χ3v) is 5.99. The Hall–Kier alpha value is -2.54. The number of para-hydroxylation sites is 1. The molecule has 7 heteroatoms. The van der Waals surface area contributed by atoms with E-state index in [1.807, 2.05) is 30.9 Å². The van der Waals surface area contributed by atoms with Gasteiger partial charge in [-0.25, -0.2) is 8.42 Å². The van der Waals surface area contributed by atoms with Crippen LogP contribution in [0, 0.1) is 0 Å². The van der Waals surface area contributed by atoms with Crippen molar-refractivity contribution < 1.29 is 17.9 Å². The number of hydrogen-bond donors (Lipinski definition) is 1. The van der Waals surface area contributed by atoms with Crippen LogP contribution in [0.4, 0.5) is 5.69 Å². The Labute approximate surface area is 160 Å². The zero-order valence-electron chi connectivity index (χ0n) is 15.6. The first kappa shape index (κ1) is 19.2. The molecule has 0 radical (unpaired) electrons. The van der Waals surface area contributed by atoms with Gasteiger partial charge >= 0.3 is 0 Å². The summed E-state index contributed by atoms with van der Waals surface area (Å²) >= 11 is 0. The largest absolute Gasteiger partial charge is 0.492 e. The van der Waals surface area contributed by atoms with Crippen LogP contribution in [0.5, 0.6) is 5.75 Å². The van der Waals surface area contributed by atoms with Crippen molar-refractivity contribution in [3.8, 4) is 5.75 Å². The zero-order valence-corrected chi connectivity index (χ0v) is 16.4. The molecular weight excluding hydrogens is 364 g/mol. The van der Waals surface area contributed by atoms with Crippen LogP contribution in [-0.4, -0.2) is 32.4 Å². The SMILES string of the molecule is CCOc1ccccc1S(=O)(=O)Nc1ccc2c(c1)CN(C(=O)CC)CC2. The van der Waals surface area contributed by atoms with Gasteiger partial charge in [0.25, 0.3) is 10.0 Å². The number of amides is 1. The van der Waals surface area contributed by atoms with Gasteiger partial charge in [-0.2, -0.15) is 0 Å². The smallest absolute Gasteiger partial charge is 0.265 e. The number of hydrogen-bond acceptors (Lipinski definition) is 4. The summed E-state index contributed by atoms with van der Waals surface area (Å²) < 4.78 is 33.7. The predicted octanol–water partition coefficient (Wildman–Crippen LogP) is 3.18. The third-order valence-electron chi connectivity index (χ3n) is 4.56. The summed E-state index contributed by atoms with van der Waals surface area (Å²) in [5, 5.41) is 0. The molecule has 0 atom stereocenters. The summed E-state index contributed by atoms with van der Waals surface area (Å²) in [5.41, 5.74) is 2.60. The van der Waals surface area contributed by atoms with Crippen LogP contribution in [0.2, 0.25) is 0 Å². The second kappa shape index (κ2) is 8.00. The maximum Gasteiger partial charge on any atom is 0.265 e.